The number of nitrogens with zero attached hydrogens (tertiary/aromatic N) is 2. The number of anilines is 2. The van der Waals surface area contributed by atoms with E-state index in [9.17, 15) is 13.6 Å². The largest absolute Gasteiger partial charge is 0.369 e. The predicted octanol–water partition coefficient (Wildman–Crippen LogP) is 2.46. The second-order valence-corrected chi connectivity index (χ2v) is 6.38. The molecule has 0 atom stereocenters. The molecule has 1 amide bonds. The molecule has 0 unspecified atom stereocenters. The molecule has 25 heavy (non-hydrogen) atoms. The Kier molecular flexibility index (Phi) is 4.13. The molecule has 2 aromatic rings. The quantitative estimate of drug-likeness (QED) is 0.930. The van der Waals surface area contributed by atoms with Crippen LogP contribution < -0.4 is 15.1 Å². The maximum Gasteiger partial charge on any atom is 0.231 e. The van der Waals surface area contributed by atoms with Crippen LogP contribution in [0, 0.1) is 11.6 Å². The van der Waals surface area contributed by atoms with E-state index in [4.69, 9.17) is 0 Å². The highest BCUT2D eigenvalue weighted by Gasteiger charge is 2.31. The summed E-state index contributed by atoms with van der Waals surface area (Å²) in [5.74, 6) is -1.86. The van der Waals surface area contributed by atoms with E-state index in [0.29, 0.717) is 6.42 Å². The lowest BCUT2D eigenvalue weighted by atomic mass is 10.1. The number of carbonyl (C=O) groups excluding carboxylic acids is 1. The monoisotopic (exact) mass is 343 g/mol. The number of nitrogens with one attached hydrogen (secondary N) is 1. The lowest BCUT2D eigenvalue weighted by Crippen LogP contribution is -2.43. The van der Waals surface area contributed by atoms with Crippen LogP contribution in [0.2, 0.25) is 0 Å². The van der Waals surface area contributed by atoms with Gasteiger partial charge in [-0.15, -0.1) is 0 Å². The smallest absolute Gasteiger partial charge is 0.231 e. The summed E-state index contributed by atoms with van der Waals surface area (Å²) in [6, 6.07) is 9.90. The number of rotatable bonds is 3. The van der Waals surface area contributed by atoms with E-state index < -0.39 is 11.6 Å². The molecule has 2 aliphatic rings. The summed E-state index contributed by atoms with van der Waals surface area (Å²) in [5, 5.41) is 3.32. The number of fused-ring (bicyclic) bond motifs is 1. The van der Waals surface area contributed by atoms with Crippen molar-refractivity contribution in [1.82, 2.24) is 5.32 Å². The first-order chi connectivity index (χ1) is 12.1. The third kappa shape index (κ3) is 2.87. The number of amides is 1. The molecule has 2 aliphatic heterocycles. The number of hydrogen-bond acceptors (Lipinski definition) is 3. The van der Waals surface area contributed by atoms with Crippen molar-refractivity contribution >= 4 is 17.3 Å². The predicted molar refractivity (Wildman–Crippen MR) is 92.8 cm³/mol. The molecule has 4 nitrogen and oxygen atoms in total. The van der Waals surface area contributed by atoms with Crippen molar-refractivity contribution in [1.29, 1.82) is 0 Å². The molecule has 2 heterocycles. The number of hydrogen-bond donors (Lipinski definition) is 1. The molecule has 0 aliphatic carbocycles. The van der Waals surface area contributed by atoms with Gasteiger partial charge in [0.05, 0.1) is 13.0 Å². The van der Waals surface area contributed by atoms with Gasteiger partial charge >= 0.3 is 0 Å². The normalized spacial score (nSPS) is 17.1. The molecule has 2 aromatic carbocycles. The molecule has 1 fully saturated rings. The summed E-state index contributed by atoms with van der Waals surface area (Å²) < 4.78 is 27.5. The second-order valence-electron chi connectivity index (χ2n) is 6.38. The zero-order valence-corrected chi connectivity index (χ0v) is 13.8. The van der Waals surface area contributed by atoms with Crippen molar-refractivity contribution in [2.45, 2.75) is 13.0 Å². The summed E-state index contributed by atoms with van der Waals surface area (Å²) in [4.78, 5) is 16.4. The highest BCUT2D eigenvalue weighted by atomic mass is 19.2. The molecule has 1 saturated heterocycles. The van der Waals surface area contributed by atoms with E-state index in [0.717, 1.165) is 49.2 Å². The highest BCUT2D eigenvalue weighted by Crippen LogP contribution is 2.37. The van der Waals surface area contributed by atoms with E-state index in [1.807, 2.05) is 18.2 Å². The van der Waals surface area contributed by atoms with Gasteiger partial charge in [0.15, 0.2) is 11.6 Å². The summed E-state index contributed by atoms with van der Waals surface area (Å²) in [6.07, 6.45) is 0.298. The molecule has 0 bridgehead atoms. The summed E-state index contributed by atoms with van der Waals surface area (Å²) in [5.41, 5.74) is 3.03. The Morgan fingerprint density at radius 3 is 2.52 bits per heavy atom. The van der Waals surface area contributed by atoms with Crippen LogP contribution in [-0.2, 0) is 17.8 Å². The van der Waals surface area contributed by atoms with Gasteiger partial charge < -0.3 is 15.1 Å². The number of benzene rings is 2. The maximum atomic E-state index is 14.0. The van der Waals surface area contributed by atoms with Crippen LogP contribution >= 0.6 is 0 Å². The van der Waals surface area contributed by atoms with Gasteiger partial charge in [0.25, 0.3) is 0 Å². The number of carbonyl (C=O) groups is 1. The molecular formula is C19H19F2N3O. The van der Waals surface area contributed by atoms with Crippen molar-refractivity contribution in [3.8, 4) is 0 Å². The van der Waals surface area contributed by atoms with E-state index in [2.05, 4.69) is 10.2 Å². The highest BCUT2D eigenvalue weighted by molar-refractivity contribution is 6.03. The minimum Gasteiger partial charge on any atom is -0.369 e. The van der Waals surface area contributed by atoms with Gasteiger partial charge in [-0.3, -0.25) is 4.79 Å². The van der Waals surface area contributed by atoms with Crippen LogP contribution in [0.15, 0.2) is 36.4 Å². The first-order valence-electron chi connectivity index (χ1n) is 8.46. The van der Waals surface area contributed by atoms with Gasteiger partial charge in [-0.25, -0.2) is 8.78 Å². The lowest BCUT2D eigenvalue weighted by Gasteiger charge is -2.31. The van der Waals surface area contributed by atoms with Crippen molar-refractivity contribution in [3.63, 3.8) is 0 Å². The second kappa shape index (κ2) is 6.44. The summed E-state index contributed by atoms with van der Waals surface area (Å²) in [7, 11) is 0. The molecule has 0 radical (unpaired) electrons. The first-order valence-corrected chi connectivity index (χ1v) is 8.46. The third-order valence-corrected chi connectivity index (χ3v) is 4.86. The SMILES string of the molecule is O=C1Cc2c(N3CCNCC3)cccc2N1Cc1cccc(F)c1F. The Morgan fingerprint density at radius 1 is 1.00 bits per heavy atom. The zero-order chi connectivity index (χ0) is 17.4. The van der Waals surface area contributed by atoms with Crippen LogP contribution in [0.25, 0.3) is 0 Å². The fraction of sp³-hybridized carbons (Fsp3) is 0.316. The first kappa shape index (κ1) is 16.0. The summed E-state index contributed by atoms with van der Waals surface area (Å²) >= 11 is 0. The molecule has 1 N–H and O–H groups in total. The number of piperazine rings is 1. The van der Waals surface area contributed by atoms with Gasteiger partial charge in [-0.05, 0) is 18.2 Å². The Hall–Kier alpha value is -2.47. The van der Waals surface area contributed by atoms with Gasteiger partial charge in [0, 0.05) is 48.7 Å². The lowest BCUT2D eigenvalue weighted by molar-refractivity contribution is -0.117. The van der Waals surface area contributed by atoms with Gasteiger partial charge in [0.2, 0.25) is 5.91 Å². The topological polar surface area (TPSA) is 35.6 Å². The van der Waals surface area contributed by atoms with Crippen molar-refractivity contribution < 1.29 is 13.6 Å². The standard InChI is InChI=1S/C19H19F2N3O/c20-15-4-1-3-13(19(15)21)12-24-17-6-2-5-16(14(17)11-18(24)25)23-9-7-22-8-10-23/h1-6,22H,7-12H2. The molecule has 4 rings (SSSR count). The molecule has 130 valence electrons. The van der Waals surface area contributed by atoms with Gasteiger partial charge in [-0.1, -0.05) is 18.2 Å². The molecular weight excluding hydrogens is 324 g/mol. The van der Waals surface area contributed by atoms with Crippen LogP contribution in [0.1, 0.15) is 11.1 Å². The fourth-order valence-electron chi connectivity index (χ4n) is 3.59. The van der Waals surface area contributed by atoms with E-state index in [1.54, 1.807) is 4.90 Å². The Labute approximate surface area is 145 Å². The third-order valence-electron chi connectivity index (χ3n) is 4.86. The average Bonchev–Trinajstić information content (AvgIpc) is 2.95. The van der Waals surface area contributed by atoms with E-state index in [1.165, 1.54) is 12.1 Å². The zero-order valence-electron chi connectivity index (χ0n) is 13.8. The average molecular weight is 343 g/mol. The van der Waals surface area contributed by atoms with Crippen LogP contribution in [0.4, 0.5) is 20.2 Å². The van der Waals surface area contributed by atoms with Crippen molar-refractivity contribution in [2.75, 3.05) is 36.0 Å². The van der Waals surface area contributed by atoms with E-state index >= 15 is 0 Å². The molecule has 0 saturated carbocycles. The Morgan fingerprint density at radius 2 is 1.72 bits per heavy atom. The Balaban J connectivity index is 1.67. The molecule has 0 aromatic heterocycles. The minimum atomic E-state index is -0.890. The summed E-state index contributed by atoms with van der Waals surface area (Å²) in [6.45, 7) is 3.65. The molecule has 0 spiro atoms. The fourth-order valence-corrected chi connectivity index (χ4v) is 3.59. The number of halogens is 2. The van der Waals surface area contributed by atoms with Crippen LogP contribution in [0.3, 0.4) is 0 Å². The van der Waals surface area contributed by atoms with Crippen molar-refractivity contribution in [2.24, 2.45) is 0 Å². The van der Waals surface area contributed by atoms with Crippen molar-refractivity contribution in [3.05, 3.63) is 59.2 Å². The van der Waals surface area contributed by atoms with Crippen LogP contribution in [0.5, 0.6) is 0 Å². The van der Waals surface area contributed by atoms with Crippen LogP contribution in [-0.4, -0.2) is 32.1 Å². The molecule has 6 heteroatoms. The van der Waals surface area contributed by atoms with E-state index in [-0.39, 0.29) is 18.0 Å². The van der Waals surface area contributed by atoms with Gasteiger partial charge in [-0.2, -0.15) is 0 Å². The Bertz CT molecular complexity index is 818. The maximum absolute atomic E-state index is 14.0. The minimum absolute atomic E-state index is 0.0421. The van der Waals surface area contributed by atoms with Gasteiger partial charge in [0.1, 0.15) is 0 Å².